The largest absolute Gasteiger partial charge is 0.463 e. The third kappa shape index (κ3) is 6.15. The summed E-state index contributed by atoms with van der Waals surface area (Å²) >= 11 is 12.1. The van der Waals surface area contributed by atoms with Crippen LogP contribution in [-0.2, 0) is 25.5 Å². The van der Waals surface area contributed by atoms with Crippen LogP contribution in [0.1, 0.15) is 37.3 Å². The summed E-state index contributed by atoms with van der Waals surface area (Å²) in [4.78, 5) is 39.7. The maximum Gasteiger partial charge on any atom is 0.336 e. The van der Waals surface area contributed by atoms with E-state index >= 15 is 0 Å². The van der Waals surface area contributed by atoms with E-state index in [9.17, 15) is 14.4 Å². The van der Waals surface area contributed by atoms with Crippen molar-refractivity contribution in [1.29, 1.82) is 0 Å². The van der Waals surface area contributed by atoms with Crippen LogP contribution in [0, 0.1) is 0 Å². The lowest BCUT2D eigenvalue weighted by Crippen LogP contribution is -2.44. The lowest BCUT2D eigenvalue weighted by molar-refractivity contribution is -0.141. The van der Waals surface area contributed by atoms with Gasteiger partial charge in [-0.1, -0.05) is 59.6 Å². The molecule has 6 nitrogen and oxygen atoms in total. The Morgan fingerprint density at radius 3 is 2.55 bits per heavy atom. The number of hydrogen-bond donors (Lipinski definition) is 1. The lowest BCUT2D eigenvalue weighted by Gasteiger charge is -2.34. The normalized spacial score (nSPS) is 16.1. The van der Waals surface area contributed by atoms with E-state index in [1.54, 1.807) is 26.0 Å². The van der Waals surface area contributed by atoms with Crippen molar-refractivity contribution in [2.75, 3.05) is 19.7 Å². The van der Waals surface area contributed by atoms with E-state index in [0.29, 0.717) is 34.3 Å². The second-order valence-corrected chi connectivity index (χ2v) is 8.55. The van der Waals surface area contributed by atoms with Gasteiger partial charge in [-0.2, -0.15) is 0 Å². The predicted octanol–water partition coefficient (Wildman–Crippen LogP) is 4.51. The molecule has 0 fully saturated rings. The molecule has 3 rings (SSSR count). The molecule has 1 heterocycles. The number of esters is 1. The van der Waals surface area contributed by atoms with Gasteiger partial charge in [0, 0.05) is 34.6 Å². The van der Waals surface area contributed by atoms with Gasteiger partial charge in [0.2, 0.25) is 11.8 Å². The van der Waals surface area contributed by atoms with Gasteiger partial charge in [0.25, 0.3) is 0 Å². The van der Waals surface area contributed by atoms with Crippen LogP contribution in [0.15, 0.2) is 59.8 Å². The number of amides is 2. The van der Waals surface area contributed by atoms with Gasteiger partial charge < -0.3 is 15.0 Å². The van der Waals surface area contributed by atoms with Crippen molar-refractivity contribution in [3.63, 3.8) is 0 Å². The number of nitrogens with zero attached hydrogens (tertiary/aromatic N) is 1. The first kappa shape index (κ1) is 24.8. The van der Waals surface area contributed by atoms with Crippen LogP contribution in [0.25, 0.3) is 0 Å². The Bertz CT molecular complexity index is 1070. The Labute approximate surface area is 203 Å². The lowest BCUT2D eigenvalue weighted by atomic mass is 9.83. The highest BCUT2D eigenvalue weighted by atomic mass is 35.5. The number of hydrogen-bond acceptors (Lipinski definition) is 4. The topological polar surface area (TPSA) is 75.7 Å². The molecule has 0 bridgehead atoms. The molecule has 33 heavy (non-hydrogen) atoms. The van der Waals surface area contributed by atoms with Crippen LogP contribution >= 0.6 is 23.2 Å². The minimum absolute atomic E-state index is 0.0865. The van der Waals surface area contributed by atoms with E-state index in [-0.39, 0.29) is 31.4 Å². The maximum absolute atomic E-state index is 13.0. The zero-order valence-corrected chi connectivity index (χ0v) is 20.1. The Kier molecular flexibility index (Phi) is 8.53. The predicted molar refractivity (Wildman–Crippen MR) is 128 cm³/mol. The van der Waals surface area contributed by atoms with Gasteiger partial charge in [-0.25, -0.2) is 4.79 Å². The van der Waals surface area contributed by atoms with Gasteiger partial charge in [-0.15, -0.1) is 0 Å². The molecular formula is C25H26Cl2N2O4. The molecule has 0 saturated carbocycles. The first-order valence-corrected chi connectivity index (χ1v) is 11.5. The van der Waals surface area contributed by atoms with Crippen LogP contribution in [0.5, 0.6) is 0 Å². The van der Waals surface area contributed by atoms with Gasteiger partial charge in [0.1, 0.15) is 6.54 Å². The van der Waals surface area contributed by atoms with Gasteiger partial charge in [0.15, 0.2) is 0 Å². The summed E-state index contributed by atoms with van der Waals surface area (Å²) in [6, 6.07) is 14.6. The molecule has 1 atom stereocenters. The van der Waals surface area contributed by atoms with E-state index in [1.807, 2.05) is 36.4 Å². The monoisotopic (exact) mass is 488 g/mol. The molecule has 174 valence electrons. The summed E-state index contributed by atoms with van der Waals surface area (Å²) in [6.07, 6.45) is 0.609. The van der Waals surface area contributed by atoms with Crippen LogP contribution in [0.2, 0.25) is 10.0 Å². The van der Waals surface area contributed by atoms with Crippen molar-refractivity contribution >= 4 is 41.0 Å². The standard InChI is InChI=1S/C25H26Cl2N2O4/c1-3-33-25(32)24-16(2)29(23(31)14-20(24)17-7-5-4-6-8-17)15-22(30)28-12-11-18-9-10-19(26)13-21(18)27/h4-10,13,20H,3,11-12,14-15H2,1-2H3,(H,28,30). The first-order valence-electron chi connectivity index (χ1n) is 10.8. The van der Waals surface area contributed by atoms with E-state index in [0.717, 1.165) is 11.1 Å². The van der Waals surface area contributed by atoms with Crippen molar-refractivity contribution < 1.29 is 19.1 Å². The zero-order valence-electron chi connectivity index (χ0n) is 18.6. The van der Waals surface area contributed by atoms with Crippen molar-refractivity contribution in [1.82, 2.24) is 10.2 Å². The summed E-state index contributed by atoms with van der Waals surface area (Å²) in [5, 5.41) is 3.89. The third-order valence-electron chi connectivity index (χ3n) is 5.55. The maximum atomic E-state index is 13.0. The van der Waals surface area contributed by atoms with Crippen LogP contribution in [-0.4, -0.2) is 42.4 Å². The molecular weight excluding hydrogens is 463 g/mol. The fraction of sp³-hybridized carbons (Fsp3) is 0.320. The number of halogens is 2. The zero-order chi connectivity index (χ0) is 24.0. The van der Waals surface area contributed by atoms with Crippen molar-refractivity contribution in [3.8, 4) is 0 Å². The molecule has 2 aromatic rings. The summed E-state index contributed by atoms with van der Waals surface area (Å²) in [5.74, 6) is -1.43. The van der Waals surface area contributed by atoms with E-state index < -0.39 is 11.9 Å². The number of rotatable bonds is 8. The molecule has 0 aliphatic carbocycles. The molecule has 2 amide bonds. The van der Waals surface area contributed by atoms with Gasteiger partial charge in [-0.3, -0.25) is 9.59 Å². The average molecular weight is 489 g/mol. The smallest absolute Gasteiger partial charge is 0.336 e. The quantitative estimate of drug-likeness (QED) is 0.554. The number of allylic oxidation sites excluding steroid dienone is 1. The molecule has 1 aliphatic heterocycles. The Hall–Kier alpha value is -2.83. The van der Waals surface area contributed by atoms with Crippen LogP contribution in [0.3, 0.4) is 0 Å². The number of carbonyl (C=O) groups excluding carboxylic acids is 3. The first-order chi connectivity index (χ1) is 15.8. The molecule has 1 unspecified atom stereocenters. The highest BCUT2D eigenvalue weighted by Gasteiger charge is 2.37. The SMILES string of the molecule is CCOC(=O)C1=C(C)N(CC(=O)NCCc2ccc(Cl)cc2Cl)C(=O)CC1c1ccccc1. The van der Waals surface area contributed by atoms with Crippen molar-refractivity contribution in [3.05, 3.63) is 81.0 Å². The molecule has 1 N–H and O–H groups in total. The summed E-state index contributed by atoms with van der Waals surface area (Å²) in [5.41, 5.74) is 2.57. The van der Waals surface area contributed by atoms with Crippen molar-refractivity contribution in [2.24, 2.45) is 0 Å². The van der Waals surface area contributed by atoms with Gasteiger partial charge in [0.05, 0.1) is 12.2 Å². The average Bonchev–Trinajstić information content (AvgIpc) is 2.78. The Morgan fingerprint density at radius 2 is 1.88 bits per heavy atom. The molecule has 0 saturated heterocycles. The Balaban J connectivity index is 1.73. The molecule has 8 heteroatoms. The van der Waals surface area contributed by atoms with E-state index in [2.05, 4.69) is 5.32 Å². The van der Waals surface area contributed by atoms with E-state index in [4.69, 9.17) is 27.9 Å². The van der Waals surface area contributed by atoms with Crippen molar-refractivity contribution in [2.45, 2.75) is 32.6 Å². The minimum Gasteiger partial charge on any atom is -0.463 e. The fourth-order valence-corrected chi connectivity index (χ4v) is 4.41. The number of ether oxygens (including phenoxy) is 1. The fourth-order valence-electron chi connectivity index (χ4n) is 3.91. The van der Waals surface area contributed by atoms with Crippen LogP contribution < -0.4 is 5.32 Å². The summed E-state index contributed by atoms with van der Waals surface area (Å²) in [6.45, 7) is 3.81. The number of benzene rings is 2. The highest BCUT2D eigenvalue weighted by Crippen LogP contribution is 2.36. The van der Waals surface area contributed by atoms with E-state index in [1.165, 1.54) is 4.90 Å². The van der Waals surface area contributed by atoms with Gasteiger partial charge >= 0.3 is 5.97 Å². The van der Waals surface area contributed by atoms with Gasteiger partial charge in [-0.05, 0) is 43.5 Å². The molecule has 0 radical (unpaired) electrons. The molecule has 2 aromatic carbocycles. The number of carbonyl (C=O) groups is 3. The Morgan fingerprint density at radius 1 is 1.15 bits per heavy atom. The minimum atomic E-state index is -0.473. The molecule has 0 spiro atoms. The van der Waals surface area contributed by atoms with Crippen LogP contribution in [0.4, 0.5) is 0 Å². The summed E-state index contributed by atoms with van der Waals surface area (Å²) in [7, 11) is 0. The second-order valence-electron chi connectivity index (χ2n) is 7.70. The molecule has 0 aromatic heterocycles. The molecule has 1 aliphatic rings. The third-order valence-corrected chi connectivity index (χ3v) is 6.14. The number of nitrogens with one attached hydrogen (secondary N) is 1. The summed E-state index contributed by atoms with van der Waals surface area (Å²) < 4.78 is 5.27. The highest BCUT2D eigenvalue weighted by molar-refractivity contribution is 6.35. The second kappa shape index (κ2) is 11.3.